The molecule has 1 saturated carbocycles. The SMILES string of the molecule is CC(O)C(C)c1nc2nc([C@H]3CC[C@H](CN4CCC(CCNc5cccc6c5C(=O)N(C5CCC(=O)NC5=O)C6=O)CC4)CC3)sc2cc1NC(=O)c1cccc(C(F)(F)F)n1. The highest BCUT2D eigenvalue weighted by molar-refractivity contribution is 7.18. The number of carbonyl (C=O) groups is 5. The highest BCUT2D eigenvalue weighted by Crippen LogP contribution is 2.41. The van der Waals surface area contributed by atoms with Gasteiger partial charge in [-0.1, -0.05) is 19.1 Å². The van der Waals surface area contributed by atoms with Gasteiger partial charge in [0.1, 0.15) is 17.4 Å². The van der Waals surface area contributed by atoms with Crippen LogP contribution in [0.15, 0.2) is 42.5 Å². The summed E-state index contributed by atoms with van der Waals surface area (Å²) < 4.78 is 40.6. The lowest BCUT2D eigenvalue weighted by Gasteiger charge is -2.36. The third-order valence-electron chi connectivity index (χ3n) is 12.9. The minimum atomic E-state index is -4.70. The first-order chi connectivity index (χ1) is 29.6. The van der Waals surface area contributed by atoms with Crippen LogP contribution >= 0.6 is 11.3 Å². The molecule has 4 N–H and O–H groups in total. The van der Waals surface area contributed by atoms with Gasteiger partial charge in [-0.05, 0) is 114 Å². The summed E-state index contributed by atoms with van der Waals surface area (Å²) >= 11 is 1.50. The number of aromatic nitrogens is 3. The number of rotatable bonds is 12. The van der Waals surface area contributed by atoms with Gasteiger partial charge in [0, 0.05) is 37.0 Å². The van der Waals surface area contributed by atoms with E-state index in [9.17, 15) is 42.3 Å². The zero-order valence-electron chi connectivity index (χ0n) is 34.5. The highest BCUT2D eigenvalue weighted by atomic mass is 32.1. The molecule has 0 spiro atoms. The first-order valence-electron chi connectivity index (χ1n) is 21.3. The van der Waals surface area contributed by atoms with Crippen molar-refractivity contribution in [3.63, 3.8) is 0 Å². The molecular weight excluding hydrogens is 826 g/mol. The van der Waals surface area contributed by atoms with Gasteiger partial charge in [-0.3, -0.25) is 34.2 Å². The van der Waals surface area contributed by atoms with Crippen molar-refractivity contribution in [3.05, 3.63) is 75.7 Å². The van der Waals surface area contributed by atoms with E-state index >= 15 is 0 Å². The molecule has 328 valence electrons. The maximum atomic E-state index is 13.4. The van der Waals surface area contributed by atoms with Crippen LogP contribution in [0, 0.1) is 11.8 Å². The largest absolute Gasteiger partial charge is 0.433 e. The number of imide groups is 2. The minimum Gasteiger partial charge on any atom is -0.393 e. The molecule has 1 aromatic carbocycles. The fourth-order valence-corrected chi connectivity index (χ4v) is 10.3. The number of nitrogens with one attached hydrogen (secondary N) is 3. The van der Waals surface area contributed by atoms with Gasteiger partial charge in [-0.2, -0.15) is 13.2 Å². The lowest BCUT2D eigenvalue weighted by atomic mass is 9.81. The lowest BCUT2D eigenvalue weighted by Crippen LogP contribution is -2.54. The molecule has 0 radical (unpaired) electrons. The van der Waals surface area contributed by atoms with E-state index in [-0.39, 0.29) is 35.6 Å². The summed E-state index contributed by atoms with van der Waals surface area (Å²) in [6.07, 6.45) is 1.82. The summed E-state index contributed by atoms with van der Waals surface area (Å²) in [6.45, 7) is 7.08. The van der Waals surface area contributed by atoms with Crippen molar-refractivity contribution in [2.24, 2.45) is 11.8 Å². The van der Waals surface area contributed by atoms with Crippen LogP contribution in [0.4, 0.5) is 24.5 Å². The summed E-state index contributed by atoms with van der Waals surface area (Å²) in [5.74, 6) is -2.04. The Morgan fingerprint density at radius 1 is 0.919 bits per heavy atom. The number of aliphatic hydroxyl groups is 1. The molecule has 3 atom stereocenters. The van der Waals surface area contributed by atoms with Crippen LogP contribution in [0.3, 0.4) is 0 Å². The first kappa shape index (κ1) is 43.3. The second-order valence-corrected chi connectivity index (χ2v) is 18.1. The van der Waals surface area contributed by atoms with Gasteiger partial charge < -0.3 is 20.6 Å². The molecule has 3 aromatic heterocycles. The van der Waals surface area contributed by atoms with E-state index in [0.29, 0.717) is 41.1 Å². The number of pyridine rings is 2. The summed E-state index contributed by atoms with van der Waals surface area (Å²) in [4.78, 5) is 80.6. The van der Waals surface area contributed by atoms with Gasteiger partial charge >= 0.3 is 6.18 Å². The maximum Gasteiger partial charge on any atom is 0.433 e. The quantitative estimate of drug-likeness (QED) is 0.111. The van der Waals surface area contributed by atoms with Crippen molar-refractivity contribution in [1.82, 2.24) is 30.1 Å². The average Bonchev–Trinajstić information content (AvgIpc) is 3.78. The molecule has 4 aliphatic rings. The number of carbonyl (C=O) groups excluding carboxylic acids is 5. The molecule has 6 heterocycles. The Kier molecular flexibility index (Phi) is 12.4. The number of hydrogen-bond acceptors (Lipinski definition) is 12. The molecule has 2 saturated heterocycles. The number of nitrogens with zero attached hydrogens (tertiary/aromatic N) is 5. The lowest BCUT2D eigenvalue weighted by molar-refractivity contribution is -0.141. The van der Waals surface area contributed by atoms with Crippen LogP contribution < -0.4 is 16.0 Å². The van der Waals surface area contributed by atoms with Crippen LogP contribution in [-0.4, -0.2) is 97.7 Å². The van der Waals surface area contributed by atoms with Crippen LogP contribution in [0.1, 0.15) is 131 Å². The van der Waals surface area contributed by atoms with E-state index in [1.54, 1.807) is 38.1 Å². The van der Waals surface area contributed by atoms with Gasteiger partial charge in [-0.25, -0.2) is 15.0 Å². The Labute approximate surface area is 360 Å². The smallest absolute Gasteiger partial charge is 0.393 e. The van der Waals surface area contributed by atoms with Crippen molar-refractivity contribution in [2.75, 3.05) is 36.8 Å². The minimum absolute atomic E-state index is 0.0697. The van der Waals surface area contributed by atoms with Crippen LogP contribution in [0.2, 0.25) is 0 Å². The summed E-state index contributed by atoms with van der Waals surface area (Å²) in [5.41, 5.74) is 0.755. The van der Waals surface area contributed by atoms with Crippen molar-refractivity contribution in [3.8, 4) is 0 Å². The monoisotopic (exact) mass is 874 g/mol. The Morgan fingerprint density at radius 2 is 1.66 bits per heavy atom. The fourth-order valence-electron chi connectivity index (χ4n) is 9.14. The molecular formula is C44H49F3N8O6S. The van der Waals surface area contributed by atoms with Gasteiger partial charge in [0.05, 0.1) is 38.3 Å². The number of benzene rings is 1. The Balaban J connectivity index is 0.817. The predicted molar refractivity (Wildman–Crippen MR) is 225 cm³/mol. The summed E-state index contributed by atoms with van der Waals surface area (Å²) in [7, 11) is 0. The van der Waals surface area contributed by atoms with E-state index in [1.807, 2.05) is 0 Å². The Morgan fingerprint density at radius 3 is 2.37 bits per heavy atom. The fraction of sp³-hybridized carbons (Fsp3) is 0.500. The second kappa shape index (κ2) is 17.8. The molecule has 4 aromatic rings. The molecule has 5 amide bonds. The molecule has 18 heteroatoms. The number of piperidine rings is 2. The van der Waals surface area contributed by atoms with Gasteiger partial charge in [-0.15, -0.1) is 11.3 Å². The van der Waals surface area contributed by atoms with E-state index in [4.69, 9.17) is 9.97 Å². The second-order valence-electron chi connectivity index (χ2n) is 17.0. The van der Waals surface area contributed by atoms with E-state index in [2.05, 4.69) is 25.8 Å². The van der Waals surface area contributed by atoms with Crippen molar-refractivity contribution >= 4 is 62.6 Å². The number of amides is 5. The first-order valence-corrected chi connectivity index (χ1v) is 22.1. The van der Waals surface area contributed by atoms with Crippen LogP contribution in [0.5, 0.6) is 0 Å². The highest BCUT2D eigenvalue weighted by Gasteiger charge is 2.45. The third-order valence-corrected chi connectivity index (χ3v) is 14.0. The summed E-state index contributed by atoms with van der Waals surface area (Å²) in [6, 6.07) is 9.01. The van der Waals surface area contributed by atoms with Crippen LogP contribution in [0.25, 0.3) is 10.3 Å². The predicted octanol–water partition coefficient (Wildman–Crippen LogP) is 6.73. The molecule has 3 fully saturated rings. The van der Waals surface area contributed by atoms with E-state index in [1.165, 1.54) is 17.4 Å². The van der Waals surface area contributed by atoms with Gasteiger partial charge in [0.25, 0.3) is 17.7 Å². The standard InChI is InChI=1S/C44H49F3N8O6S/c1-23(24(2)56)37-31(50-39(58)30-7-4-8-34(49-30)44(45,46)47)21-33-38(52-37)53-41(62-33)27-11-9-26(10-12-27)22-54-19-16-25(17-20-54)15-18-48-29-6-3-5-28-36(29)43(61)55(42(28)60)32-13-14-35(57)51-40(32)59/h3-8,21,23-27,32,48,56H,9-20,22H2,1-2H3,(H,50,58)(H,51,57,59)/t23?,24?,26-,27-,32?. The third kappa shape index (κ3) is 9.08. The van der Waals surface area contributed by atoms with Crippen molar-refractivity contribution in [2.45, 2.75) is 102 Å². The molecule has 3 unspecified atom stereocenters. The van der Waals surface area contributed by atoms with Gasteiger partial charge in [0.2, 0.25) is 11.8 Å². The normalized spacial score (nSPS) is 22.4. The molecule has 3 aliphatic heterocycles. The van der Waals surface area contributed by atoms with Crippen molar-refractivity contribution in [1.29, 1.82) is 0 Å². The maximum absolute atomic E-state index is 13.4. The topological polar surface area (TPSA) is 187 Å². The van der Waals surface area contributed by atoms with E-state index < -0.39 is 59.5 Å². The average molecular weight is 875 g/mol. The molecule has 8 rings (SSSR count). The molecule has 1 aliphatic carbocycles. The molecule has 62 heavy (non-hydrogen) atoms. The number of aliphatic hydroxyl groups excluding tert-OH is 1. The number of hydrogen-bond donors (Lipinski definition) is 4. The number of thiazole rings is 1. The zero-order valence-corrected chi connectivity index (χ0v) is 35.3. The zero-order chi connectivity index (χ0) is 43.9. The Bertz CT molecular complexity index is 2390. The molecule has 0 bridgehead atoms. The Hall–Kier alpha value is -5.33. The number of alkyl halides is 3. The number of likely N-dealkylation sites (tertiary alicyclic amines) is 1. The van der Waals surface area contributed by atoms with Crippen molar-refractivity contribution < 1.29 is 42.3 Å². The van der Waals surface area contributed by atoms with Gasteiger partial charge in [0.15, 0.2) is 5.65 Å². The summed E-state index contributed by atoms with van der Waals surface area (Å²) in [5, 5.41) is 19.7. The number of halogens is 3. The number of fused-ring (bicyclic) bond motifs is 2. The van der Waals surface area contributed by atoms with E-state index in [0.717, 1.165) is 91.3 Å². The molecule has 14 nitrogen and oxygen atoms in total. The van der Waals surface area contributed by atoms with Crippen LogP contribution in [-0.2, 0) is 15.8 Å². The number of anilines is 2.